The van der Waals surface area contributed by atoms with Crippen molar-refractivity contribution in [3.8, 4) is 0 Å². The summed E-state index contributed by atoms with van der Waals surface area (Å²) in [6.07, 6.45) is 0.658. The number of fused-ring (bicyclic) bond motifs is 1. The van der Waals surface area contributed by atoms with E-state index < -0.39 is 0 Å². The highest BCUT2D eigenvalue weighted by molar-refractivity contribution is 6.17. The van der Waals surface area contributed by atoms with E-state index in [1.54, 1.807) is 13.2 Å². The molecule has 5 heteroatoms. The Hall–Kier alpha value is -1.13. The average molecular weight is 299 g/mol. The van der Waals surface area contributed by atoms with Crippen molar-refractivity contribution in [3.63, 3.8) is 0 Å². The lowest BCUT2D eigenvalue weighted by atomic mass is 10.0. The van der Waals surface area contributed by atoms with Crippen molar-refractivity contribution in [3.05, 3.63) is 29.8 Å². The second-order valence-electron chi connectivity index (χ2n) is 5.24. The maximum Gasteiger partial charge on any atom is 0.125 e. The van der Waals surface area contributed by atoms with Crippen LogP contribution in [0.4, 0.5) is 4.39 Å². The molecule has 110 valence electrons. The van der Waals surface area contributed by atoms with Gasteiger partial charge in [-0.3, -0.25) is 0 Å². The Labute approximate surface area is 123 Å². The largest absolute Gasteiger partial charge is 0.383 e. The van der Waals surface area contributed by atoms with E-state index in [1.165, 1.54) is 12.1 Å². The van der Waals surface area contributed by atoms with Crippen LogP contribution in [-0.4, -0.2) is 29.1 Å². The Balaban J connectivity index is 2.61. The van der Waals surface area contributed by atoms with E-state index >= 15 is 0 Å². The zero-order chi connectivity index (χ0) is 14.7. The van der Waals surface area contributed by atoms with E-state index in [0.717, 1.165) is 16.9 Å². The number of alkyl halides is 1. The first-order valence-electron chi connectivity index (χ1n) is 6.79. The normalized spacial score (nSPS) is 13.3. The van der Waals surface area contributed by atoms with Crippen LogP contribution in [0.1, 0.15) is 25.7 Å². The number of aryl methyl sites for hydroxylation is 1. The molecule has 0 saturated carbocycles. The molecule has 2 rings (SSSR count). The molecule has 2 aromatic rings. The molecular weight excluding hydrogens is 279 g/mol. The smallest absolute Gasteiger partial charge is 0.125 e. The molecule has 0 saturated heterocycles. The first kappa shape index (κ1) is 15.3. The fourth-order valence-electron chi connectivity index (χ4n) is 2.48. The van der Waals surface area contributed by atoms with Gasteiger partial charge < -0.3 is 9.30 Å². The van der Waals surface area contributed by atoms with E-state index in [9.17, 15) is 4.39 Å². The van der Waals surface area contributed by atoms with Crippen LogP contribution in [-0.2, 0) is 11.2 Å². The van der Waals surface area contributed by atoms with Crippen LogP contribution in [0.25, 0.3) is 11.0 Å². The Bertz CT molecular complexity index is 583. The number of benzene rings is 1. The lowest BCUT2D eigenvalue weighted by Crippen LogP contribution is -2.22. The van der Waals surface area contributed by atoms with Gasteiger partial charge in [0.2, 0.25) is 0 Å². The summed E-state index contributed by atoms with van der Waals surface area (Å²) in [4.78, 5) is 4.59. The Kier molecular flexibility index (Phi) is 5.00. The number of ether oxygens (including phenoxy) is 1. The van der Waals surface area contributed by atoms with Crippen LogP contribution < -0.4 is 0 Å². The Morgan fingerprint density at radius 3 is 2.75 bits per heavy atom. The van der Waals surface area contributed by atoms with Crippen molar-refractivity contribution >= 4 is 22.6 Å². The second kappa shape index (κ2) is 6.55. The molecule has 20 heavy (non-hydrogen) atoms. The van der Waals surface area contributed by atoms with Gasteiger partial charge in [-0.05, 0) is 24.1 Å². The van der Waals surface area contributed by atoms with Gasteiger partial charge in [0.15, 0.2) is 0 Å². The van der Waals surface area contributed by atoms with Gasteiger partial charge in [-0.25, -0.2) is 9.37 Å². The van der Waals surface area contributed by atoms with Gasteiger partial charge >= 0.3 is 0 Å². The molecule has 0 fully saturated rings. The zero-order valence-electron chi connectivity index (χ0n) is 12.1. The molecule has 0 aliphatic carbocycles. The van der Waals surface area contributed by atoms with Gasteiger partial charge in [-0.2, -0.15) is 0 Å². The average Bonchev–Trinajstić information content (AvgIpc) is 2.73. The number of hydrogen-bond acceptors (Lipinski definition) is 2. The standard InChI is InChI=1S/C15H20ClFN2O/c1-10(2)14(9-20-3)19-13-8-11(17)4-5-12(13)18-15(19)6-7-16/h4-5,8,10,14H,6-7,9H2,1-3H3. The number of methoxy groups -OCH3 is 1. The fraction of sp³-hybridized carbons (Fsp3) is 0.533. The number of halogens is 2. The lowest BCUT2D eigenvalue weighted by Gasteiger charge is -2.24. The summed E-state index contributed by atoms with van der Waals surface area (Å²) in [5.74, 6) is 1.47. The topological polar surface area (TPSA) is 27.1 Å². The molecule has 0 spiro atoms. The third-order valence-corrected chi connectivity index (χ3v) is 3.67. The van der Waals surface area contributed by atoms with Gasteiger partial charge in [0.05, 0.1) is 23.7 Å². The predicted molar refractivity (Wildman–Crippen MR) is 79.9 cm³/mol. The fourth-order valence-corrected chi connectivity index (χ4v) is 2.65. The number of hydrogen-bond donors (Lipinski definition) is 0. The molecule has 1 aromatic carbocycles. The van der Waals surface area contributed by atoms with E-state index in [0.29, 0.717) is 24.8 Å². The third kappa shape index (κ3) is 2.96. The second-order valence-corrected chi connectivity index (χ2v) is 5.61. The number of aromatic nitrogens is 2. The van der Waals surface area contributed by atoms with Gasteiger partial charge in [0.1, 0.15) is 11.6 Å². The number of imidazole rings is 1. The van der Waals surface area contributed by atoms with E-state index in [-0.39, 0.29) is 11.9 Å². The highest BCUT2D eigenvalue weighted by Crippen LogP contribution is 2.27. The lowest BCUT2D eigenvalue weighted by molar-refractivity contribution is 0.133. The Morgan fingerprint density at radius 2 is 2.15 bits per heavy atom. The predicted octanol–water partition coefficient (Wildman–Crippen LogP) is 3.80. The van der Waals surface area contributed by atoms with Crippen LogP contribution in [0, 0.1) is 11.7 Å². The van der Waals surface area contributed by atoms with Gasteiger partial charge in [-0.15, -0.1) is 11.6 Å². The summed E-state index contributed by atoms with van der Waals surface area (Å²) in [6, 6.07) is 4.80. The van der Waals surface area contributed by atoms with Crippen LogP contribution in [0.5, 0.6) is 0 Å². The maximum absolute atomic E-state index is 13.6. The van der Waals surface area contributed by atoms with E-state index in [4.69, 9.17) is 16.3 Å². The highest BCUT2D eigenvalue weighted by Gasteiger charge is 2.22. The molecule has 0 bridgehead atoms. The van der Waals surface area contributed by atoms with Crippen molar-refractivity contribution in [1.29, 1.82) is 0 Å². The van der Waals surface area contributed by atoms with E-state index in [1.807, 2.05) is 0 Å². The number of rotatable bonds is 6. The SMILES string of the molecule is COCC(C(C)C)n1c(CCCl)nc2ccc(F)cc21. The van der Waals surface area contributed by atoms with Crippen LogP contribution >= 0.6 is 11.6 Å². The van der Waals surface area contributed by atoms with Crippen molar-refractivity contribution in [2.75, 3.05) is 19.6 Å². The first-order chi connectivity index (χ1) is 9.58. The molecule has 1 unspecified atom stereocenters. The van der Waals surface area contributed by atoms with Crippen LogP contribution in [0.15, 0.2) is 18.2 Å². The summed E-state index contributed by atoms with van der Waals surface area (Å²) in [7, 11) is 1.68. The highest BCUT2D eigenvalue weighted by atomic mass is 35.5. The molecule has 0 aliphatic heterocycles. The van der Waals surface area contributed by atoms with Gasteiger partial charge in [-0.1, -0.05) is 13.8 Å². The van der Waals surface area contributed by atoms with Crippen molar-refractivity contribution in [2.45, 2.75) is 26.3 Å². The molecule has 0 N–H and O–H groups in total. The zero-order valence-corrected chi connectivity index (χ0v) is 12.8. The first-order valence-corrected chi connectivity index (χ1v) is 7.33. The molecule has 1 aromatic heterocycles. The minimum absolute atomic E-state index is 0.116. The molecular formula is C15H20ClFN2O. The van der Waals surface area contributed by atoms with Crippen molar-refractivity contribution in [2.24, 2.45) is 5.92 Å². The van der Waals surface area contributed by atoms with E-state index in [2.05, 4.69) is 23.4 Å². The molecule has 0 amide bonds. The minimum atomic E-state index is -0.254. The molecule has 0 radical (unpaired) electrons. The van der Waals surface area contributed by atoms with Gasteiger partial charge in [0.25, 0.3) is 0 Å². The Morgan fingerprint density at radius 1 is 1.40 bits per heavy atom. The quantitative estimate of drug-likeness (QED) is 0.759. The molecule has 3 nitrogen and oxygen atoms in total. The van der Waals surface area contributed by atoms with Crippen LogP contribution in [0.3, 0.4) is 0 Å². The summed E-state index contributed by atoms with van der Waals surface area (Å²) in [5, 5.41) is 0. The minimum Gasteiger partial charge on any atom is -0.383 e. The molecule has 0 aliphatic rings. The van der Waals surface area contributed by atoms with Gasteiger partial charge in [0, 0.05) is 19.4 Å². The molecule has 1 heterocycles. The van der Waals surface area contributed by atoms with Crippen LogP contribution in [0.2, 0.25) is 0 Å². The third-order valence-electron chi connectivity index (χ3n) is 3.48. The molecule has 1 atom stereocenters. The maximum atomic E-state index is 13.6. The van der Waals surface area contributed by atoms with Crippen molar-refractivity contribution < 1.29 is 9.13 Å². The van der Waals surface area contributed by atoms with Crippen molar-refractivity contribution in [1.82, 2.24) is 9.55 Å². The summed E-state index contributed by atoms with van der Waals surface area (Å²) in [6.45, 7) is 4.81. The summed E-state index contributed by atoms with van der Waals surface area (Å²) >= 11 is 5.87. The monoisotopic (exact) mass is 298 g/mol. The summed E-state index contributed by atoms with van der Waals surface area (Å²) in [5.41, 5.74) is 1.61. The number of nitrogens with zero attached hydrogens (tertiary/aromatic N) is 2. The summed E-state index contributed by atoms with van der Waals surface area (Å²) < 4.78 is 21.0.